The van der Waals surface area contributed by atoms with Crippen molar-refractivity contribution in [2.45, 2.75) is 26.2 Å². The fraction of sp³-hybridized carbons (Fsp3) is 0.833. The number of hydrogen-bond donors (Lipinski definition) is 1. The molecule has 0 atom stereocenters. The Kier molecular flexibility index (Phi) is 5.97. The zero-order chi connectivity index (χ0) is 12.7. The first-order chi connectivity index (χ1) is 8.19. The second-order valence-corrected chi connectivity index (χ2v) is 4.35. The summed E-state index contributed by atoms with van der Waals surface area (Å²) in [5.74, 6) is -0.0596. The third-order valence-corrected chi connectivity index (χ3v) is 3.09. The maximum absolute atomic E-state index is 11.8. The van der Waals surface area contributed by atoms with Gasteiger partial charge in [-0.3, -0.25) is 9.59 Å². The highest BCUT2D eigenvalue weighted by Crippen LogP contribution is 2.18. The van der Waals surface area contributed by atoms with Crippen LogP contribution in [0.4, 0.5) is 0 Å². The molecule has 1 rings (SSSR count). The lowest BCUT2D eigenvalue weighted by Gasteiger charge is -2.30. The molecule has 1 amide bonds. The molecule has 5 nitrogen and oxygen atoms in total. The van der Waals surface area contributed by atoms with Gasteiger partial charge in [-0.2, -0.15) is 0 Å². The van der Waals surface area contributed by atoms with E-state index >= 15 is 0 Å². The summed E-state index contributed by atoms with van der Waals surface area (Å²) in [7, 11) is 1.41. The molecule has 0 aromatic rings. The second-order valence-electron chi connectivity index (χ2n) is 4.35. The molecule has 0 radical (unpaired) electrons. The molecule has 1 saturated heterocycles. The van der Waals surface area contributed by atoms with Crippen molar-refractivity contribution in [3.8, 4) is 0 Å². The summed E-state index contributed by atoms with van der Waals surface area (Å²) in [6.45, 7) is 4.65. The van der Waals surface area contributed by atoms with Crippen molar-refractivity contribution in [2.75, 3.05) is 33.3 Å². The lowest BCUT2D eigenvalue weighted by Crippen LogP contribution is -2.44. The average Bonchev–Trinajstić information content (AvgIpc) is 2.38. The Hall–Kier alpha value is -1.10. The first-order valence-corrected chi connectivity index (χ1v) is 6.25. The van der Waals surface area contributed by atoms with Crippen LogP contribution in [0.3, 0.4) is 0 Å². The van der Waals surface area contributed by atoms with Crippen molar-refractivity contribution in [1.82, 2.24) is 10.2 Å². The van der Waals surface area contributed by atoms with Crippen LogP contribution in [0.5, 0.6) is 0 Å². The summed E-state index contributed by atoms with van der Waals surface area (Å²) < 4.78 is 4.71. The third-order valence-electron chi connectivity index (χ3n) is 3.09. The Morgan fingerprint density at radius 3 is 2.53 bits per heavy atom. The first-order valence-electron chi connectivity index (χ1n) is 6.25. The van der Waals surface area contributed by atoms with Gasteiger partial charge in [0.25, 0.3) is 0 Å². The molecule has 0 saturated carbocycles. The standard InChI is InChI=1S/C12H22N2O3/c1-3-6-13-9-11(15)14-7-4-10(5-8-14)12(16)17-2/h10,13H,3-9H2,1-2H3. The number of esters is 1. The number of piperidine rings is 1. The summed E-state index contributed by atoms with van der Waals surface area (Å²) in [6.07, 6.45) is 2.45. The minimum atomic E-state index is -0.152. The number of rotatable bonds is 5. The van der Waals surface area contributed by atoms with Gasteiger partial charge in [-0.05, 0) is 25.8 Å². The van der Waals surface area contributed by atoms with Gasteiger partial charge in [-0.15, -0.1) is 0 Å². The second kappa shape index (κ2) is 7.27. The van der Waals surface area contributed by atoms with Crippen LogP contribution in [0.15, 0.2) is 0 Å². The van der Waals surface area contributed by atoms with E-state index in [0.29, 0.717) is 32.5 Å². The van der Waals surface area contributed by atoms with Crippen LogP contribution in [0.1, 0.15) is 26.2 Å². The van der Waals surface area contributed by atoms with Crippen LogP contribution in [0.25, 0.3) is 0 Å². The fourth-order valence-electron chi connectivity index (χ4n) is 2.02. The molecule has 1 aliphatic rings. The van der Waals surface area contributed by atoms with Crippen LogP contribution < -0.4 is 5.32 Å². The number of nitrogens with one attached hydrogen (secondary N) is 1. The van der Waals surface area contributed by atoms with Crippen molar-refractivity contribution in [3.05, 3.63) is 0 Å². The topological polar surface area (TPSA) is 58.6 Å². The van der Waals surface area contributed by atoms with Crippen molar-refractivity contribution < 1.29 is 14.3 Å². The Labute approximate surface area is 102 Å². The van der Waals surface area contributed by atoms with E-state index in [1.54, 1.807) is 0 Å². The monoisotopic (exact) mass is 242 g/mol. The van der Waals surface area contributed by atoms with Gasteiger partial charge in [0, 0.05) is 13.1 Å². The van der Waals surface area contributed by atoms with E-state index in [1.165, 1.54) is 7.11 Å². The molecule has 17 heavy (non-hydrogen) atoms. The minimum Gasteiger partial charge on any atom is -0.469 e. The quantitative estimate of drug-likeness (QED) is 0.560. The first kappa shape index (κ1) is 14.0. The number of likely N-dealkylation sites (tertiary alicyclic amines) is 1. The average molecular weight is 242 g/mol. The maximum atomic E-state index is 11.8. The zero-order valence-corrected chi connectivity index (χ0v) is 10.7. The Morgan fingerprint density at radius 2 is 2.00 bits per heavy atom. The number of hydrogen-bond acceptors (Lipinski definition) is 4. The highest BCUT2D eigenvalue weighted by molar-refractivity contribution is 5.79. The van der Waals surface area contributed by atoms with Gasteiger partial charge in [0.15, 0.2) is 0 Å². The summed E-state index contributed by atoms with van der Waals surface area (Å²) in [5, 5.41) is 3.09. The van der Waals surface area contributed by atoms with Gasteiger partial charge in [0.05, 0.1) is 19.6 Å². The number of carbonyl (C=O) groups is 2. The van der Waals surface area contributed by atoms with Crippen LogP contribution >= 0.6 is 0 Å². The maximum Gasteiger partial charge on any atom is 0.308 e. The highest BCUT2D eigenvalue weighted by Gasteiger charge is 2.27. The largest absolute Gasteiger partial charge is 0.469 e. The molecule has 5 heteroatoms. The van der Waals surface area contributed by atoms with Gasteiger partial charge in [0.2, 0.25) is 5.91 Å². The van der Waals surface area contributed by atoms with Gasteiger partial charge >= 0.3 is 5.97 Å². The van der Waals surface area contributed by atoms with E-state index in [1.807, 2.05) is 4.90 Å². The minimum absolute atomic E-state index is 0.0346. The normalized spacial score (nSPS) is 16.9. The smallest absolute Gasteiger partial charge is 0.308 e. The van der Waals surface area contributed by atoms with Crippen molar-refractivity contribution in [2.24, 2.45) is 5.92 Å². The molecule has 1 aliphatic heterocycles. The van der Waals surface area contributed by atoms with Gasteiger partial charge in [-0.25, -0.2) is 0 Å². The fourth-order valence-corrected chi connectivity index (χ4v) is 2.02. The summed E-state index contributed by atoms with van der Waals surface area (Å²) >= 11 is 0. The summed E-state index contributed by atoms with van der Waals surface area (Å²) in [4.78, 5) is 24.9. The molecule has 1 fully saturated rings. The molecule has 0 aromatic heterocycles. The molecule has 0 aliphatic carbocycles. The van der Waals surface area contributed by atoms with E-state index in [4.69, 9.17) is 4.74 Å². The number of ether oxygens (including phenoxy) is 1. The van der Waals surface area contributed by atoms with Crippen LogP contribution in [0.2, 0.25) is 0 Å². The molecule has 0 unspecified atom stereocenters. The Morgan fingerprint density at radius 1 is 1.35 bits per heavy atom. The SMILES string of the molecule is CCCNCC(=O)N1CCC(C(=O)OC)CC1. The number of methoxy groups -OCH3 is 1. The zero-order valence-electron chi connectivity index (χ0n) is 10.7. The van der Waals surface area contributed by atoms with Gasteiger partial charge < -0.3 is 15.0 Å². The summed E-state index contributed by atoms with van der Waals surface area (Å²) in [5.41, 5.74) is 0. The molecule has 1 heterocycles. The molecule has 0 aromatic carbocycles. The third kappa shape index (κ3) is 4.34. The van der Waals surface area contributed by atoms with E-state index in [9.17, 15) is 9.59 Å². The van der Waals surface area contributed by atoms with Crippen molar-refractivity contribution >= 4 is 11.9 Å². The van der Waals surface area contributed by atoms with E-state index in [2.05, 4.69) is 12.2 Å². The summed E-state index contributed by atoms with van der Waals surface area (Å²) in [6, 6.07) is 0. The number of amides is 1. The van der Waals surface area contributed by atoms with Crippen LogP contribution in [-0.4, -0.2) is 50.1 Å². The van der Waals surface area contributed by atoms with Gasteiger partial charge in [0.1, 0.15) is 0 Å². The van der Waals surface area contributed by atoms with Crippen molar-refractivity contribution in [3.63, 3.8) is 0 Å². The van der Waals surface area contributed by atoms with Gasteiger partial charge in [-0.1, -0.05) is 6.92 Å². The van der Waals surface area contributed by atoms with E-state index in [-0.39, 0.29) is 17.8 Å². The number of carbonyl (C=O) groups excluding carboxylic acids is 2. The molecular weight excluding hydrogens is 220 g/mol. The van der Waals surface area contributed by atoms with E-state index in [0.717, 1.165) is 13.0 Å². The molecule has 0 bridgehead atoms. The van der Waals surface area contributed by atoms with Crippen LogP contribution in [-0.2, 0) is 14.3 Å². The molecule has 0 spiro atoms. The lowest BCUT2D eigenvalue weighted by molar-refractivity contribution is -0.148. The van der Waals surface area contributed by atoms with Crippen molar-refractivity contribution in [1.29, 1.82) is 0 Å². The predicted octanol–water partition coefficient (Wildman–Crippen LogP) is 0.398. The molecular formula is C12H22N2O3. The molecule has 1 N–H and O–H groups in total. The number of nitrogens with zero attached hydrogens (tertiary/aromatic N) is 1. The lowest BCUT2D eigenvalue weighted by atomic mass is 9.97. The van der Waals surface area contributed by atoms with Crippen LogP contribution in [0, 0.1) is 5.92 Å². The predicted molar refractivity (Wildman–Crippen MR) is 64.5 cm³/mol. The highest BCUT2D eigenvalue weighted by atomic mass is 16.5. The Bertz CT molecular complexity index is 260. The van der Waals surface area contributed by atoms with E-state index < -0.39 is 0 Å². The molecule has 98 valence electrons. The Balaban J connectivity index is 2.26.